The molecule has 2 nitrogen and oxygen atoms in total. The molecule has 76 valence electrons. The third kappa shape index (κ3) is 2.50. The lowest BCUT2D eigenvalue weighted by atomic mass is 10.1. The molecule has 3 heteroatoms. The predicted molar refractivity (Wildman–Crippen MR) is 59.6 cm³/mol. The van der Waals surface area contributed by atoms with E-state index in [1.54, 1.807) is 11.8 Å². The van der Waals surface area contributed by atoms with E-state index in [-0.39, 0.29) is 6.10 Å². The smallest absolute Gasteiger partial charge is 0.0686 e. The van der Waals surface area contributed by atoms with Crippen molar-refractivity contribution in [1.29, 1.82) is 0 Å². The Bertz CT molecular complexity index is 278. The first-order valence-electron chi connectivity index (χ1n) is 4.97. The summed E-state index contributed by atoms with van der Waals surface area (Å²) in [6, 6.07) is 10.3. The summed E-state index contributed by atoms with van der Waals surface area (Å²) in [5, 5.41) is 13.4. The monoisotopic (exact) mass is 209 g/mol. The van der Waals surface area contributed by atoms with Crippen LogP contribution in [0.5, 0.6) is 0 Å². The first kappa shape index (κ1) is 10.0. The zero-order valence-electron chi connectivity index (χ0n) is 8.02. The Kier molecular flexibility index (Phi) is 3.45. The number of thioether (sulfide) groups is 1. The molecule has 0 unspecified atom stereocenters. The molecule has 2 N–H and O–H groups in total. The maximum Gasteiger partial charge on any atom is 0.0686 e. The van der Waals surface area contributed by atoms with E-state index in [2.05, 4.69) is 17.4 Å². The highest BCUT2D eigenvalue weighted by Gasteiger charge is 2.23. The van der Waals surface area contributed by atoms with Gasteiger partial charge in [-0.15, -0.1) is 11.8 Å². The number of rotatable bonds is 2. The Hall–Kier alpha value is -0.510. The van der Waals surface area contributed by atoms with Crippen LogP contribution in [0.25, 0.3) is 0 Å². The van der Waals surface area contributed by atoms with Crippen LogP contribution in [-0.2, 0) is 0 Å². The maximum absolute atomic E-state index is 9.77. The summed E-state index contributed by atoms with van der Waals surface area (Å²) in [6.45, 7) is 1.84. The molecule has 1 aromatic carbocycles. The van der Waals surface area contributed by atoms with Gasteiger partial charge in [-0.05, 0) is 25.1 Å². The van der Waals surface area contributed by atoms with Gasteiger partial charge in [-0.2, -0.15) is 0 Å². The molecule has 1 heterocycles. The normalized spacial score (nSPS) is 27.5. The topological polar surface area (TPSA) is 32.3 Å². The fraction of sp³-hybridized carbons (Fsp3) is 0.455. The van der Waals surface area contributed by atoms with E-state index in [0.717, 1.165) is 19.5 Å². The summed E-state index contributed by atoms with van der Waals surface area (Å²) in [4.78, 5) is 1.24. The van der Waals surface area contributed by atoms with Gasteiger partial charge in [0.25, 0.3) is 0 Å². The van der Waals surface area contributed by atoms with Gasteiger partial charge in [-0.1, -0.05) is 18.2 Å². The molecule has 2 rings (SSSR count). The number of hydrogen-bond acceptors (Lipinski definition) is 3. The molecule has 0 spiro atoms. The Morgan fingerprint density at radius 3 is 2.79 bits per heavy atom. The quantitative estimate of drug-likeness (QED) is 0.774. The van der Waals surface area contributed by atoms with E-state index in [0.29, 0.717) is 5.25 Å². The second-order valence-corrected chi connectivity index (χ2v) is 4.84. The Morgan fingerprint density at radius 2 is 2.07 bits per heavy atom. The number of aliphatic hydroxyl groups excluding tert-OH is 1. The average Bonchev–Trinajstić information content (AvgIpc) is 2.23. The summed E-state index contributed by atoms with van der Waals surface area (Å²) in [7, 11) is 0. The Morgan fingerprint density at radius 1 is 1.29 bits per heavy atom. The van der Waals surface area contributed by atoms with Crippen LogP contribution in [0.1, 0.15) is 6.42 Å². The minimum Gasteiger partial charge on any atom is -0.392 e. The summed E-state index contributed by atoms with van der Waals surface area (Å²) >= 11 is 1.76. The van der Waals surface area contributed by atoms with Crippen LogP contribution < -0.4 is 5.32 Å². The molecule has 2 atom stereocenters. The average molecular weight is 209 g/mol. The third-order valence-electron chi connectivity index (χ3n) is 2.42. The molecule has 14 heavy (non-hydrogen) atoms. The van der Waals surface area contributed by atoms with Crippen LogP contribution in [-0.4, -0.2) is 29.5 Å². The van der Waals surface area contributed by atoms with Crippen LogP contribution in [0.15, 0.2) is 35.2 Å². The van der Waals surface area contributed by atoms with Gasteiger partial charge in [0.05, 0.1) is 6.10 Å². The van der Waals surface area contributed by atoms with Crippen molar-refractivity contribution in [3.05, 3.63) is 30.3 Å². The number of nitrogens with one attached hydrogen (secondary N) is 1. The molecule has 0 aliphatic carbocycles. The molecular weight excluding hydrogens is 194 g/mol. The lowest BCUT2D eigenvalue weighted by Crippen LogP contribution is -2.41. The molecule has 1 aliphatic heterocycles. The van der Waals surface area contributed by atoms with Crippen LogP contribution in [0.2, 0.25) is 0 Å². The van der Waals surface area contributed by atoms with E-state index in [1.165, 1.54) is 4.90 Å². The summed E-state index contributed by atoms with van der Waals surface area (Å²) < 4.78 is 0. The van der Waals surface area contributed by atoms with Crippen molar-refractivity contribution in [3.63, 3.8) is 0 Å². The molecular formula is C11H15NOS. The van der Waals surface area contributed by atoms with Gasteiger partial charge < -0.3 is 10.4 Å². The van der Waals surface area contributed by atoms with E-state index in [1.807, 2.05) is 18.2 Å². The standard InChI is InChI=1S/C11H15NOS/c13-10-6-7-12-8-11(10)14-9-4-2-1-3-5-9/h1-5,10-13H,6-8H2/t10-,11-/m0/s1. The summed E-state index contributed by atoms with van der Waals surface area (Å²) in [5.74, 6) is 0. The molecule has 0 aromatic heterocycles. The zero-order chi connectivity index (χ0) is 9.80. The maximum atomic E-state index is 9.77. The molecule has 0 bridgehead atoms. The van der Waals surface area contributed by atoms with Gasteiger partial charge in [0.1, 0.15) is 0 Å². The van der Waals surface area contributed by atoms with Gasteiger partial charge in [0.15, 0.2) is 0 Å². The van der Waals surface area contributed by atoms with Gasteiger partial charge in [0.2, 0.25) is 0 Å². The van der Waals surface area contributed by atoms with E-state index >= 15 is 0 Å². The van der Waals surface area contributed by atoms with Crippen molar-refractivity contribution in [2.24, 2.45) is 0 Å². The number of aliphatic hydroxyl groups is 1. The molecule has 1 fully saturated rings. The van der Waals surface area contributed by atoms with Gasteiger partial charge >= 0.3 is 0 Å². The lowest BCUT2D eigenvalue weighted by molar-refractivity contribution is 0.144. The zero-order valence-corrected chi connectivity index (χ0v) is 8.83. The molecule has 0 saturated carbocycles. The SMILES string of the molecule is O[C@H]1CCNC[C@@H]1Sc1ccccc1. The van der Waals surface area contributed by atoms with Gasteiger partial charge in [0, 0.05) is 16.7 Å². The lowest BCUT2D eigenvalue weighted by Gasteiger charge is -2.27. The van der Waals surface area contributed by atoms with E-state index in [9.17, 15) is 5.11 Å². The van der Waals surface area contributed by atoms with Crippen molar-refractivity contribution in [1.82, 2.24) is 5.32 Å². The fourth-order valence-electron chi connectivity index (χ4n) is 1.61. The van der Waals surface area contributed by atoms with E-state index in [4.69, 9.17) is 0 Å². The summed E-state index contributed by atoms with van der Waals surface area (Å²) in [6.07, 6.45) is 0.700. The number of benzene rings is 1. The molecule has 0 radical (unpaired) electrons. The number of hydrogen-bond donors (Lipinski definition) is 2. The van der Waals surface area contributed by atoms with Crippen molar-refractivity contribution >= 4 is 11.8 Å². The van der Waals surface area contributed by atoms with Crippen LogP contribution in [0.3, 0.4) is 0 Å². The van der Waals surface area contributed by atoms with E-state index < -0.39 is 0 Å². The van der Waals surface area contributed by atoms with Crippen LogP contribution >= 0.6 is 11.8 Å². The second-order valence-electron chi connectivity index (χ2n) is 3.53. The molecule has 1 saturated heterocycles. The minimum atomic E-state index is -0.165. The van der Waals surface area contributed by atoms with Gasteiger partial charge in [-0.25, -0.2) is 0 Å². The number of piperidine rings is 1. The van der Waals surface area contributed by atoms with Crippen molar-refractivity contribution < 1.29 is 5.11 Å². The summed E-state index contributed by atoms with van der Waals surface area (Å²) in [5.41, 5.74) is 0. The largest absolute Gasteiger partial charge is 0.392 e. The molecule has 1 aromatic rings. The Labute approximate surface area is 88.7 Å². The highest BCUT2D eigenvalue weighted by atomic mass is 32.2. The fourth-order valence-corrected chi connectivity index (χ4v) is 2.77. The van der Waals surface area contributed by atoms with Crippen LogP contribution in [0.4, 0.5) is 0 Å². The highest BCUT2D eigenvalue weighted by molar-refractivity contribution is 8.00. The van der Waals surface area contributed by atoms with Crippen molar-refractivity contribution in [2.45, 2.75) is 22.7 Å². The molecule has 1 aliphatic rings. The van der Waals surface area contributed by atoms with Crippen LogP contribution in [0, 0.1) is 0 Å². The predicted octanol–water partition coefficient (Wildman–Crippen LogP) is 1.50. The molecule has 0 amide bonds. The second kappa shape index (κ2) is 4.82. The highest BCUT2D eigenvalue weighted by Crippen LogP contribution is 2.27. The Balaban J connectivity index is 1.96. The first-order chi connectivity index (χ1) is 6.86. The van der Waals surface area contributed by atoms with Crippen molar-refractivity contribution in [2.75, 3.05) is 13.1 Å². The minimum absolute atomic E-state index is 0.165. The first-order valence-corrected chi connectivity index (χ1v) is 5.85. The van der Waals surface area contributed by atoms with Crippen molar-refractivity contribution in [3.8, 4) is 0 Å². The van der Waals surface area contributed by atoms with Gasteiger partial charge in [-0.3, -0.25) is 0 Å². The third-order valence-corrected chi connectivity index (χ3v) is 3.75.